The maximum atomic E-state index is 13.5. The molecule has 0 saturated heterocycles. The first-order valence-electron chi connectivity index (χ1n) is 15.6. The van der Waals surface area contributed by atoms with Crippen LogP contribution in [0, 0.1) is 5.41 Å². The molecule has 4 aliphatic heterocycles. The van der Waals surface area contributed by atoms with Gasteiger partial charge in [-0.2, -0.15) is 0 Å². The van der Waals surface area contributed by atoms with E-state index in [4.69, 9.17) is 4.74 Å². The Kier molecular flexibility index (Phi) is 11.2. The maximum absolute atomic E-state index is 13.5. The molecular weight excluding hydrogens is 584 g/mol. The highest BCUT2D eigenvalue weighted by molar-refractivity contribution is 6.03. The summed E-state index contributed by atoms with van der Waals surface area (Å²) in [6, 6.07) is 20.6. The molecule has 46 heavy (non-hydrogen) atoms. The molecule has 4 heterocycles. The van der Waals surface area contributed by atoms with Crippen LogP contribution in [-0.4, -0.2) is 59.6 Å². The van der Waals surface area contributed by atoms with Gasteiger partial charge in [0.1, 0.15) is 5.75 Å². The molecule has 4 amide bonds. The number of hydrogen-bond acceptors (Lipinski definition) is 6. The summed E-state index contributed by atoms with van der Waals surface area (Å²) in [5, 5.41) is 19.7. The van der Waals surface area contributed by atoms with Gasteiger partial charge in [-0.05, 0) is 84.3 Å². The van der Waals surface area contributed by atoms with Crippen molar-refractivity contribution < 1.29 is 29.0 Å². The molecule has 6 bridgehead atoms. The molecule has 3 aromatic carbocycles. The molecule has 0 aliphatic carbocycles. The lowest BCUT2D eigenvalue weighted by atomic mass is 9.85. The van der Waals surface area contributed by atoms with Crippen LogP contribution < -0.4 is 20.7 Å². The molecule has 10 nitrogen and oxygen atoms in total. The molecule has 7 rings (SSSR count). The van der Waals surface area contributed by atoms with E-state index in [0.29, 0.717) is 48.6 Å². The van der Waals surface area contributed by atoms with E-state index in [1.54, 1.807) is 72.6 Å². The third-order valence-electron chi connectivity index (χ3n) is 7.66. The topological polar surface area (TPSA) is 137 Å². The molecule has 0 saturated carbocycles. The lowest BCUT2D eigenvalue weighted by molar-refractivity contribution is -0.140. The molecule has 4 N–H and O–H groups in total. The van der Waals surface area contributed by atoms with E-state index < -0.39 is 23.0 Å². The second-order valence-corrected chi connectivity index (χ2v) is 13.0. The zero-order valence-electron chi connectivity index (χ0n) is 27.0. The van der Waals surface area contributed by atoms with E-state index in [9.17, 15) is 24.3 Å². The van der Waals surface area contributed by atoms with Gasteiger partial charge >= 0.3 is 0 Å². The minimum absolute atomic E-state index is 0.0360. The summed E-state index contributed by atoms with van der Waals surface area (Å²) in [4.78, 5) is 54.0. The van der Waals surface area contributed by atoms with Crippen molar-refractivity contribution >= 4 is 29.3 Å². The first kappa shape index (κ1) is 34.2. The number of nitrogens with zero attached hydrogens (tertiary/aromatic N) is 1. The number of anilines is 1. The van der Waals surface area contributed by atoms with E-state index in [1.807, 2.05) is 32.9 Å². The third kappa shape index (κ3) is 9.90. The first-order chi connectivity index (χ1) is 21.8. The van der Waals surface area contributed by atoms with Gasteiger partial charge in [-0.3, -0.25) is 19.2 Å². The van der Waals surface area contributed by atoms with Gasteiger partial charge in [-0.25, -0.2) is 0 Å². The Morgan fingerprint density at radius 2 is 1.57 bits per heavy atom. The zero-order chi connectivity index (χ0) is 33.3. The predicted octanol–water partition coefficient (Wildman–Crippen LogP) is 4.67. The average molecular weight is 629 g/mol. The molecule has 0 radical (unpaired) electrons. The fraction of sp³-hybridized carbons (Fsp3) is 0.389. The number of carbonyl (C=O) groups is 4. The number of hydrogen-bond donors (Lipinski definition) is 4. The summed E-state index contributed by atoms with van der Waals surface area (Å²) in [6.45, 7) is 6.86. The Hall–Kier alpha value is -4.70. The highest BCUT2D eigenvalue weighted by atomic mass is 16.5. The van der Waals surface area contributed by atoms with Crippen molar-refractivity contribution in [3.05, 3.63) is 95.1 Å². The number of aliphatic hydroxyl groups is 1. The van der Waals surface area contributed by atoms with Crippen molar-refractivity contribution in [2.45, 2.75) is 65.1 Å². The normalized spacial score (nSPS) is 19.4. The van der Waals surface area contributed by atoms with E-state index in [1.165, 1.54) is 0 Å². The summed E-state index contributed by atoms with van der Waals surface area (Å²) in [5.74, 6) is -1.00. The standard InChI is InChI=1S/C36H44N4O6/c1-35(2,3)24-36(45)34(44)38-29-15-10-25(11-16-29)12-19-31(41)40(4)20-5-6-21-46-30-17-13-27(14-18-30)32(42)37-23-26-8-7-9-28(22-26)33(43)39-36/h7-11,13-18,22,45H,5-6,12,19-21,23-24H2,1-4H3,(H,37,42)(H,38,44)(H,39,43)/t36-/m0/s1. The van der Waals surface area contributed by atoms with Gasteiger partial charge in [0.15, 0.2) is 0 Å². The van der Waals surface area contributed by atoms with Crippen LogP contribution in [0.1, 0.15) is 78.3 Å². The smallest absolute Gasteiger partial charge is 0.277 e. The largest absolute Gasteiger partial charge is 0.494 e. The number of rotatable bonds is 1. The van der Waals surface area contributed by atoms with E-state index in [2.05, 4.69) is 16.0 Å². The fourth-order valence-corrected chi connectivity index (χ4v) is 5.22. The van der Waals surface area contributed by atoms with E-state index in [0.717, 1.165) is 18.4 Å². The Labute approximate surface area is 270 Å². The van der Waals surface area contributed by atoms with Crippen molar-refractivity contribution in [2.24, 2.45) is 5.41 Å². The molecule has 0 unspecified atom stereocenters. The molecule has 0 aromatic heterocycles. The van der Waals surface area contributed by atoms with Crippen LogP contribution in [0.5, 0.6) is 5.75 Å². The molecular formula is C36H44N4O6. The van der Waals surface area contributed by atoms with Crippen LogP contribution in [0.4, 0.5) is 5.69 Å². The van der Waals surface area contributed by atoms with Crippen LogP contribution in [0.15, 0.2) is 72.8 Å². The summed E-state index contributed by atoms with van der Waals surface area (Å²) in [7, 11) is 1.79. The van der Waals surface area contributed by atoms with Crippen molar-refractivity contribution in [3.63, 3.8) is 0 Å². The lowest BCUT2D eigenvalue weighted by Gasteiger charge is -2.33. The molecule has 3 aromatic rings. The minimum atomic E-state index is -2.21. The molecule has 10 heteroatoms. The van der Waals surface area contributed by atoms with Gasteiger partial charge in [0.25, 0.3) is 17.7 Å². The third-order valence-corrected chi connectivity index (χ3v) is 7.66. The number of ether oxygens (including phenoxy) is 1. The molecule has 244 valence electrons. The van der Waals surface area contributed by atoms with Gasteiger partial charge < -0.3 is 30.7 Å². The van der Waals surface area contributed by atoms with Crippen molar-refractivity contribution in [1.82, 2.24) is 15.5 Å². The summed E-state index contributed by atoms with van der Waals surface area (Å²) in [5.41, 5.74) is 0.00716. The van der Waals surface area contributed by atoms with E-state index >= 15 is 0 Å². The predicted molar refractivity (Wildman–Crippen MR) is 176 cm³/mol. The first-order valence-corrected chi connectivity index (χ1v) is 15.6. The summed E-state index contributed by atoms with van der Waals surface area (Å²) >= 11 is 0. The Morgan fingerprint density at radius 3 is 2.26 bits per heavy atom. The van der Waals surface area contributed by atoms with Crippen LogP contribution in [0.2, 0.25) is 0 Å². The number of amides is 4. The van der Waals surface area contributed by atoms with Crippen LogP contribution in [-0.2, 0) is 22.6 Å². The van der Waals surface area contributed by atoms with Gasteiger partial charge in [-0.1, -0.05) is 45.0 Å². The minimum Gasteiger partial charge on any atom is -0.494 e. The molecule has 0 spiro atoms. The van der Waals surface area contributed by atoms with Gasteiger partial charge in [0.2, 0.25) is 11.6 Å². The van der Waals surface area contributed by atoms with Gasteiger partial charge in [0, 0.05) is 49.8 Å². The number of nitrogens with one attached hydrogen (secondary N) is 3. The quantitative estimate of drug-likeness (QED) is 0.309. The Bertz CT molecular complexity index is 1530. The number of benzene rings is 3. The second-order valence-electron chi connectivity index (χ2n) is 13.0. The van der Waals surface area contributed by atoms with Crippen LogP contribution in [0.25, 0.3) is 0 Å². The zero-order valence-corrected chi connectivity index (χ0v) is 27.0. The van der Waals surface area contributed by atoms with E-state index in [-0.39, 0.29) is 30.3 Å². The SMILES string of the molecule is CN1CCCCOc2ccc(cc2)C(=O)NCc2cccc(c2)C(=O)N[C@](O)(CC(C)(C)C)C(=O)Nc2ccc(cc2)CCC1=O. The number of aryl methyl sites for hydroxylation is 1. The van der Waals surface area contributed by atoms with Crippen molar-refractivity contribution in [2.75, 3.05) is 25.5 Å². The van der Waals surface area contributed by atoms with Crippen molar-refractivity contribution in [1.29, 1.82) is 0 Å². The average Bonchev–Trinajstić information content (AvgIpc) is 3.02. The molecule has 4 aliphatic rings. The summed E-state index contributed by atoms with van der Waals surface area (Å²) in [6.07, 6.45) is 2.40. The highest BCUT2D eigenvalue weighted by Crippen LogP contribution is 2.28. The Balaban J connectivity index is 1.56. The molecule has 0 fully saturated rings. The van der Waals surface area contributed by atoms with Crippen LogP contribution >= 0.6 is 0 Å². The lowest BCUT2D eigenvalue weighted by Crippen LogP contribution is -2.58. The number of carbonyl (C=O) groups excluding carboxylic acids is 4. The fourth-order valence-electron chi connectivity index (χ4n) is 5.22. The van der Waals surface area contributed by atoms with Gasteiger partial charge in [-0.15, -0.1) is 0 Å². The van der Waals surface area contributed by atoms with Crippen LogP contribution in [0.3, 0.4) is 0 Å². The van der Waals surface area contributed by atoms with Crippen molar-refractivity contribution in [3.8, 4) is 5.75 Å². The molecule has 1 atom stereocenters. The maximum Gasteiger partial charge on any atom is 0.277 e. The summed E-state index contributed by atoms with van der Waals surface area (Å²) < 4.78 is 5.82. The second kappa shape index (κ2) is 15.1. The Morgan fingerprint density at radius 1 is 0.848 bits per heavy atom. The van der Waals surface area contributed by atoms with Gasteiger partial charge in [0.05, 0.1) is 6.61 Å². The monoisotopic (exact) mass is 628 g/mol. The highest BCUT2D eigenvalue weighted by Gasteiger charge is 2.41.